The van der Waals surface area contributed by atoms with Crippen molar-refractivity contribution in [3.8, 4) is 5.82 Å². The molecular formula is C13H16N6OS. The molecule has 0 aromatic carbocycles. The van der Waals surface area contributed by atoms with E-state index in [0.29, 0.717) is 17.1 Å². The number of nitrogens with zero attached hydrogens (tertiary/aromatic N) is 5. The van der Waals surface area contributed by atoms with E-state index in [0.717, 1.165) is 11.3 Å². The Morgan fingerprint density at radius 3 is 2.57 bits per heavy atom. The van der Waals surface area contributed by atoms with Crippen LogP contribution in [0.25, 0.3) is 5.82 Å². The molecule has 2 aromatic rings. The summed E-state index contributed by atoms with van der Waals surface area (Å²) in [6.07, 6.45) is 1.64. The molecule has 0 unspecified atom stereocenters. The number of aromatic nitrogens is 4. The number of aryl methyl sites for hydroxylation is 1. The zero-order valence-corrected chi connectivity index (χ0v) is 13.1. The molecular weight excluding hydrogens is 288 g/mol. The molecule has 2 heterocycles. The van der Waals surface area contributed by atoms with Crippen molar-refractivity contribution in [2.24, 2.45) is 5.73 Å². The van der Waals surface area contributed by atoms with Crippen molar-refractivity contribution in [3.63, 3.8) is 0 Å². The summed E-state index contributed by atoms with van der Waals surface area (Å²) in [6.45, 7) is 3.70. The minimum atomic E-state index is -0.192. The van der Waals surface area contributed by atoms with Crippen LogP contribution in [0.1, 0.15) is 27.3 Å². The van der Waals surface area contributed by atoms with Gasteiger partial charge in [0.25, 0.3) is 5.91 Å². The van der Waals surface area contributed by atoms with Crippen molar-refractivity contribution in [1.29, 1.82) is 0 Å². The Morgan fingerprint density at radius 2 is 2.00 bits per heavy atom. The number of nitrogens with two attached hydrogens (primary N) is 1. The number of rotatable bonds is 3. The summed E-state index contributed by atoms with van der Waals surface area (Å²) in [5, 5.41) is 12.4. The molecule has 0 aliphatic rings. The molecule has 0 fully saturated rings. The van der Waals surface area contributed by atoms with Crippen LogP contribution in [0.4, 0.5) is 0 Å². The maximum absolute atomic E-state index is 11.9. The van der Waals surface area contributed by atoms with Gasteiger partial charge < -0.3 is 10.6 Å². The number of thiocarbonyl (C=S) groups is 1. The monoisotopic (exact) mass is 304 g/mol. The predicted octanol–water partition coefficient (Wildman–Crippen LogP) is 0.615. The molecule has 0 atom stereocenters. The topological polar surface area (TPSA) is 89.9 Å². The van der Waals surface area contributed by atoms with Crippen LogP contribution in [0, 0.1) is 13.8 Å². The quantitative estimate of drug-likeness (QED) is 0.836. The highest BCUT2D eigenvalue weighted by molar-refractivity contribution is 7.80. The minimum Gasteiger partial charge on any atom is -0.389 e. The SMILES string of the molecule is Cc1nnc(-n2ccc(C(=O)N(C)C)n2)c(C(N)=S)c1C. The van der Waals surface area contributed by atoms with Gasteiger partial charge in [-0.05, 0) is 25.5 Å². The highest BCUT2D eigenvalue weighted by Gasteiger charge is 2.18. The van der Waals surface area contributed by atoms with E-state index in [1.54, 1.807) is 26.4 Å². The van der Waals surface area contributed by atoms with Gasteiger partial charge in [0.1, 0.15) is 4.99 Å². The predicted molar refractivity (Wildman–Crippen MR) is 82.5 cm³/mol. The average Bonchev–Trinajstić information content (AvgIpc) is 2.89. The van der Waals surface area contributed by atoms with E-state index in [-0.39, 0.29) is 10.9 Å². The third kappa shape index (κ3) is 2.75. The molecule has 0 saturated carbocycles. The second-order valence-electron chi connectivity index (χ2n) is 4.82. The first kappa shape index (κ1) is 15.0. The average molecular weight is 304 g/mol. The maximum Gasteiger partial charge on any atom is 0.273 e. The molecule has 8 heteroatoms. The van der Waals surface area contributed by atoms with Gasteiger partial charge in [-0.15, -0.1) is 5.10 Å². The van der Waals surface area contributed by atoms with Crippen LogP contribution in [0.15, 0.2) is 12.3 Å². The molecule has 2 N–H and O–H groups in total. The molecule has 110 valence electrons. The van der Waals surface area contributed by atoms with Crippen LogP contribution >= 0.6 is 12.2 Å². The number of hydrogen-bond donors (Lipinski definition) is 1. The molecule has 0 saturated heterocycles. The third-order valence-corrected chi connectivity index (χ3v) is 3.32. The number of hydrogen-bond acceptors (Lipinski definition) is 5. The van der Waals surface area contributed by atoms with Gasteiger partial charge in [0.2, 0.25) is 0 Å². The number of carbonyl (C=O) groups excluding carboxylic acids is 1. The highest BCUT2D eigenvalue weighted by Crippen LogP contribution is 2.17. The van der Waals surface area contributed by atoms with Crippen molar-refractivity contribution in [3.05, 3.63) is 34.8 Å². The highest BCUT2D eigenvalue weighted by atomic mass is 32.1. The molecule has 0 radical (unpaired) electrons. The summed E-state index contributed by atoms with van der Waals surface area (Å²) in [6, 6.07) is 1.61. The van der Waals surface area contributed by atoms with Gasteiger partial charge in [0, 0.05) is 20.3 Å². The van der Waals surface area contributed by atoms with Gasteiger partial charge in [-0.3, -0.25) is 4.79 Å². The van der Waals surface area contributed by atoms with Gasteiger partial charge in [-0.25, -0.2) is 4.68 Å². The van der Waals surface area contributed by atoms with E-state index in [2.05, 4.69) is 15.3 Å². The van der Waals surface area contributed by atoms with Gasteiger partial charge >= 0.3 is 0 Å². The molecule has 21 heavy (non-hydrogen) atoms. The molecule has 0 bridgehead atoms. The van der Waals surface area contributed by atoms with Gasteiger partial charge in [0.05, 0.1) is 11.3 Å². The third-order valence-electron chi connectivity index (χ3n) is 3.11. The Morgan fingerprint density at radius 1 is 1.33 bits per heavy atom. The summed E-state index contributed by atoms with van der Waals surface area (Å²) in [4.78, 5) is 13.6. The zero-order valence-electron chi connectivity index (χ0n) is 12.3. The van der Waals surface area contributed by atoms with Crippen LogP contribution in [0.3, 0.4) is 0 Å². The van der Waals surface area contributed by atoms with Crippen LogP contribution in [-0.2, 0) is 0 Å². The lowest BCUT2D eigenvalue weighted by molar-refractivity contribution is 0.0821. The van der Waals surface area contributed by atoms with Crippen molar-refractivity contribution >= 4 is 23.1 Å². The van der Waals surface area contributed by atoms with Crippen LogP contribution < -0.4 is 5.73 Å². The fraction of sp³-hybridized carbons (Fsp3) is 0.308. The van der Waals surface area contributed by atoms with Crippen molar-refractivity contribution in [1.82, 2.24) is 24.9 Å². The Bertz CT molecular complexity index is 721. The molecule has 2 rings (SSSR count). The fourth-order valence-corrected chi connectivity index (χ4v) is 2.08. The van der Waals surface area contributed by atoms with Crippen molar-refractivity contribution < 1.29 is 4.79 Å². The first-order chi connectivity index (χ1) is 9.82. The first-order valence-corrected chi connectivity index (χ1v) is 6.65. The standard InChI is InChI=1S/C13H16N6OS/c1-7-8(2)15-16-12(10(7)11(14)21)19-6-5-9(17-19)13(20)18(3)4/h5-6H,1-4H3,(H2,14,21). The van der Waals surface area contributed by atoms with Crippen molar-refractivity contribution in [2.45, 2.75) is 13.8 Å². The lowest BCUT2D eigenvalue weighted by Crippen LogP contribution is -2.23. The minimum absolute atomic E-state index is 0.192. The van der Waals surface area contributed by atoms with Crippen LogP contribution in [0.2, 0.25) is 0 Å². The van der Waals surface area contributed by atoms with Gasteiger partial charge in [-0.2, -0.15) is 10.2 Å². The van der Waals surface area contributed by atoms with Crippen LogP contribution in [-0.4, -0.2) is 49.9 Å². The smallest absolute Gasteiger partial charge is 0.273 e. The molecule has 2 aromatic heterocycles. The van der Waals surface area contributed by atoms with Crippen LogP contribution in [0.5, 0.6) is 0 Å². The van der Waals surface area contributed by atoms with Crippen molar-refractivity contribution in [2.75, 3.05) is 14.1 Å². The summed E-state index contributed by atoms with van der Waals surface area (Å²) >= 11 is 5.09. The molecule has 7 nitrogen and oxygen atoms in total. The lowest BCUT2D eigenvalue weighted by Gasteiger charge is -2.11. The van der Waals surface area contributed by atoms with E-state index in [1.807, 2.05) is 13.8 Å². The zero-order chi connectivity index (χ0) is 15.7. The van der Waals surface area contributed by atoms with E-state index in [4.69, 9.17) is 18.0 Å². The van der Waals surface area contributed by atoms with E-state index in [9.17, 15) is 4.79 Å². The lowest BCUT2D eigenvalue weighted by atomic mass is 10.1. The normalized spacial score (nSPS) is 10.5. The van der Waals surface area contributed by atoms with E-state index >= 15 is 0 Å². The van der Waals surface area contributed by atoms with E-state index < -0.39 is 0 Å². The second kappa shape index (κ2) is 5.57. The van der Waals surface area contributed by atoms with Gasteiger partial charge in [0.15, 0.2) is 11.5 Å². The van der Waals surface area contributed by atoms with Gasteiger partial charge in [-0.1, -0.05) is 12.2 Å². The number of amides is 1. The summed E-state index contributed by atoms with van der Waals surface area (Å²) < 4.78 is 1.46. The Hall–Kier alpha value is -2.35. The molecule has 0 aliphatic carbocycles. The van der Waals surface area contributed by atoms with E-state index in [1.165, 1.54) is 9.58 Å². The Labute approximate surface area is 127 Å². The largest absolute Gasteiger partial charge is 0.389 e. The Kier molecular flexibility index (Phi) is 3.99. The summed E-state index contributed by atoms with van der Waals surface area (Å²) in [7, 11) is 3.33. The summed E-state index contributed by atoms with van der Waals surface area (Å²) in [5.41, 5.74) is 8.31. The Balaban J connectivity index is 2.56. The molecule has 1 amide bonds. The molecule has 0 aliphatic heterocycles. The second-order valence-corrected chi connectivity index (χ2v) is 5.26. The summed E-state index contributed by atoms with van der Waals surface area (Å²) in [5.74, 6) is 0.228. The fourth-order valence-electron chi connectivity index (χ4n) is 1.84. The first-order valence-electron chi connectivity index (χ1n) is 6.24. The molecule has 0 spiro atoms. The maximum atomic E-state index is 11.9. The number of carbonyl (C=O) groups is 1.